The minimum absolute atomic E-state index is 0.689. The minimum atomic E-state index is 0.689. The molecule has 2 aromatic rings. The predicted octanol–water partition coefficient (Wildman–Crippen LogP) is 3.14. The van der Waals surface area contributed by atoms with Gasteiger partial charge < -0.3 is 10.3 Å². The van der Waals surface area contributed by atoms with E-state index in [2.05, 4.69) is 14.8 Å². The summed E-state index contributed by atoms with van der Waals surface area (Å²) in [6.07, 6.45) is 3.47. The van der Waals surface area contributed by atoms with E-state index in [0.717, 1.165) is 35.3 Å². The molecular weight excluding hydrogens is 280 g/mol. The fraction of sp³-hybridized carbons (Fsp3) is 0.385. The molecular formula is C13H15ClN4S. The van der Waals surface area contributed by atoms with Crippen LogP contribution in [0.15, 0.2) is 23.1 Å². The molecule has 100 valence electrons. The highest BCUT2D eigenvalue weighted by Gasteiger charge is 2.15. The maximum absolute atomic E-state index is 6.17. The van der Waals surface area contributed by atoms with E-state index in [0.29, 0.717) is 10.7 Å². The second kappa shape index (κ2) is 5.43. The summed E-state index contributed by atoms with van der Waals surface area (Å²) in [6.45, 7) is 1.04. The Balaban J connectivity index is 1.74. The number of hydrogen-bond donors (Lipinski definition) is 1. The third kappa shape index (κ3) is 2.72. The fourth-order valence-corrected chi connectivity index (χ4v) is 3.46. The number of aryl methyl sites for hydroxylation is 1. The molecule has 0 saturated heterocycles. The number of halogens is 1. The number of benzene rings is 1. The maximum atomic E-state index is 6.17. The molecule has 0 saturated carbocycles. The van der Waals surface area contributed by atoms with Crippen molar-refractivity contribution in [2.75, 3.05) is 5.73 Å². The van der Waals surface area contributed by atoms with Crippen LogP contribution in [-0.4, -0.2) is 14.8 Å². The Labute approximate surface area is 121 Å². The average molecular weight is 295 g/mol. The lowest BCUT2D eigenvalue weighted by molar-refractivity contribution is 0.513. The SMILES string of the molecule is Nc1ccc(SCc2nnc3n2CCCC3)c(Cl)c1. The fourth-order valence-electron chi connectivity index (χ4n) is 2.25. The van der Waals surface area contributed by atoms with Crippen molar-refractivity contribution in [1.82, 2.24) is 14.8 Å². The van der Waals surface area contributed by atoms with Crippen LogP contribution in [0.5, 0.6) is 0 Å². The molecule has 6 heteroatoms. The summed E-state index contributed by atoms with van der Waals surface area (Å²) < 4.78 is 2.24. The molecule has 0 fully saturated rings. The van der Waals surface area contributed by atoms with Gasteiger partial charge in [0.25, 0.3) is 0 Å². The molecule has 0 aliphatic carbocycles. The molecule has 1 aromatic carbocycles. The first-order chi connectivity index (χ1) is 9.24. The van der Waals surface area contributed by atoms with E-state index < -0.39 is 0 Å². The third-order valence-corrected chi connectivity index (χ3v) is 4.74. The van der Waals surface area contributed by atoms with E-state index in [1.807, 2.05) is 12.1 Å². The molecule has 4 nitrogen and oxygen atoms in total. The van der Waals surface area contributed by atoms with E-state index in [1.165, 1.54) is 12.8 Å². The number of fused-ring (bicyclic) bond motifs is 1. The smallest absolute Gasteiger partial charge is 0.143 e. The van der Waals surface area contributed by atoms with Crippen LogP contribution < -0.4 is 5.73 Å². The van der Waals surface area contributed by atoms with E-state index in [1.54, 1.807) is 17.8 Å². The molecule has 2 heterocycles. The summed E-state index contributed by atoms with van der Waals surface area (Å²) in [5, 5.41) is 9.23. The van der Waals surface area contributed by atoms with Gasteiger partial charge in [-0.05, 0) is 31.0 Å². The van der Waals surface area contributed by atoms with E-state index in [4.69, 9.17) is 17.3 Å². The molecule has 0 radical (unpaired) electrons. The van der Waals surface area contributed by atoms with Gasteiger partial charge in [0.15, 0.2) is 0 Å². The minimum Gasteiger partial charge on any atom is -0.399 e. The summed E-state index contributed by atoms with van der Waals surface area (Å²) >= 11 is 7.84. The number of thioether (sulfide) groups is 1. The van der Waals surface area contributed by atoms with Gasteiger partial charge in [-0.2, -0.15) is 0 Å². The van der Waals surface area contributed by atoms with E-state index in [9.17, 15) is 0 Å². The number of nitrogens with zero attached hydrogens (tertiary/aromatic N) is 3. The Kier molecular flexibility index (Phi) is 3.66. The highest BCUT2D eigenvalue weighted by atomic mass is 35.5. The Morgan fingerprint density at radius 3 is 3.05 bits per heavy atom. The first-order valence-corrected chi connectivity index (χ1v) is 7.69. The van der Waals surface area contributed by atoms with Gasteiger partial charge >= 0.3 is 0 Å². The molecule has 0 atom stereocenters. The highest BCUT2D eigenvalue weighted by Crippen LogP contribution is 2.31. The van der Waals surface area contributed by atoms with Crippen molar-refractivity contribution in [3.05, 3.63) is 34.9 Å². The molecule has 1 aromatic heterocycles. The van der Waals surface area contributed by atoms with Crippen molar-refractivity contribution >= 4 is 29.1 Å². The second-order valence-electron chi connectivity index (χ2n) is 4.62. The van der Waals surface area contributed by atoms with Crippen LogP contribution in [0.2, 0.25) is 5.02 Å². The quantitative estimate of drug-likeness (QED) is 0.698. The Morgan fingerprint density at radius 2 is 2.21 bits per heavy atom. The Bertz CT molecular complexity index is 596. The number of nitrogen functional groups attached to an aromatic ring is 1. The normalized spacial score (nSPS) is 14.4. The molecule has 0 amide bonds. The molecule has 0 spiro atoms. The van der Waals surface area contributed by atoms with Crippen molar-refractivity contribution in [3.63, 3.8) is 0 Å². The van der Waals surface area contributed by atoms with Gasteiger partial charge in [0.1, 0.15) is 11.6 Å². The van der Waals surface area contributed by atoms with Crippen LogP contribution in [0.4, 0.5) is 5.69 Å². The zero-order valence-corrected chi connectivity index (χ0v) is 12.0. The molecule has 0 unspecified atom stereocenters. The molecule has 1 aliphatic heterocycles. The van der Waals surface area contributed by atoms with Crippen LogP contribution in [0, 0.1) is 0 Å². The number of rotatable bonds is 3. The number of hydrogen-bond acceptors (Lipinski definition) is 4. The molecule has 19 heavy (non-hydrogen) atoms. The summed E-state index contributed by atoms with van der Waals surface area (Å²) in [4.78, 5) is 1.03. The van der Waals surface area contributed by atoms with Gasteiger partial charge in [-0.3, -0.25) is 0 Å². The van der Waals surface area contributed by atoms with Crippen LogP contribution in [0.3, 0.4) is 0 Å². The molecule has 0 bridgehead atoms. The van der Waals surface area contributed by atoms with Crippen molar-refractivity contribution in [2.24, 2.45) is 0 Å². The number of nitrogens with two attached hydrogens (primary N) is 1. The largest absolute Gasteiger partial charge is 0.399 e. The molecule has 1 aliphatic rings. The van der Waals surface area contributed by atoms with Crippen molar-refractivity contribution < 1.29 is 0 Å². The van der Waals surface area contributed by atoms with Crippen LogP contribution in [-0.2, 0) is 18.7 Å². The van der Waals surface area contributed by atoms with E-state index in [-0.39, 0.29) is 0 Å². The van der Waals surface area contributed by atoms with Crippen molar-refractivity contribution in [2.45, 2.75) is 36.5 Å². The second-order valence-corrected chi connectivity index (χ2v) is 6.04. The van der Waals surface area contributed by atoms with Gasteiger partial charge in [0, 0.05) is 23.5 Å². The van der Waals surface area contributed by atoms with Crippen molar-refractivity contribution in [1.29, 1.82) is 0 Å². The first kappa shape index (κ1) is 12.8. The van der Waals surface area contributed by atoms with Crippen LogP contribution in [0.25, 0.3) is 0 Å². The van der Waals surface area contributed by atoms with Gasteiger partial charge in [-0.1, -0.05) is 11.6 Å². The topological polar surface area (TPSA) is 56.7 Å². The van der Waals surface area contributed by atoms with Crippen LogP contribution >= 0.6 is 23.4 Å². The number of aromatic nitrogens is 3. The van der Waals surface area contributed by atoms with Gasteiger partial charge in [0.2, 0.25) is 0 Å². The summed E-state index contributed by atoms with van der Waals surface area (Å²) in [5.41, 5.74) is 6.38. The molecule has 3 rings (SSSR count). The third-order valence-electron chi connectivity index (χ3n) is 3.25. The first-order valence-electron chi connectivity index (χ1n) is 6.33. The van der Waals surface area contributed by atoms with Gasteiger partial charge in [0.05, 0.1) is 10.8 Å². The Hall–Kier alpha value is -1.20. The average Bonchev–Trinajstić information content (AvgIpc) is 2.81. The number of anilines is 1. The van der Waals surface area contributed by atoms with E-state index >= 15 is 0 Å². The standard InChI is InChI=1S/C13H15ClN4S/c14-10-7-9(15)4-5-11(10)19-8-13-17-16-12-3-1-2-6-18(12)13/h4-5,7H,1-3,6,8,15H2. The highest BCUT2D eigenvalue weighted by molar-refractivity contribution is 7.98. The zero-order chi connectivity index (χ0) is 13.2. The maximum Gasteiger partial charge on any atom is 0.143 e. The zero-order valence-electron chi connectivity index (χ0n) is 10.5. The van der Waals surface area contributed by atoms with Gasteiger partial charge in [-0.25, -0.2) is 0 Å². The van der Waals surface area contributed by atoms with Crippen LogP contribution in [0.1, 0.15) is 24.5 Å². The summed E-state index contributed by atoms with van der Waals surface area (Å²) in [7, 11) is 0. The lowest BCUT2D eigenvalue weighted by Crippen LogP contribution is -2.12. The monoisotopic (exact) mass is 294 g/mol. The molecule has 2 N–H and O–H groups in total. The van der Waals surface area contributed by atoms with Crippen molar-refractivity contribution in [3.8, 4) is 0 Å². The summed E-state index contributed by atoms with van der Waals surface area (Å²) in [5.74, 6) is 2.94. The summed E-state index contributed by atoms with van der Waals surface area (Å²) in [6, 6.07) is 5.60. The lowest BCUT2D eigenvalue weighted by Gasteiger charge is -2.14. The predicted molar refractivity (Wildman–Crippen MR) is 78.4 cm³/mol. The lowest BCUT2D eigenvalue weighted by atomic mass is 10.2. The Morgan fingerprint density at radius 1 is 1.32 bits per heavy atom. The van der Waals surface area contributed by atoms with Gasteiger partial charge in [-0.15, -0.1) is 22.0 Å².